The quantitative estimate of drug-likeness (QED) is 0.847. The van der Waals surface area contributed by atoms with Gasteiger partial charge >= 0.3 is 0 Å². The van der Waals surface area contributed by atoms with E-state index in [9.17, 15) is 12.8 Å². The van der Waals surface area contributed by atoms with Crippen LogP contribution in [-0.4, -0.2) is 14.5 Å². The zero-order valence-corrected chi connectivity index (χ0v) is 12.5. The van der Waals surface area contributed by atoms with E-state index < -0.39 is 20.7 Å². The first-order valence-corrected chi connectivity index (χ1v) is 7.88. The molecule has 0 saturated carbocycles. The maximum atomic E-state index is 14.0. The standard InChI is InChI=1S/C12H18ClFN2O2S/c1-3-4-8(2)16-19(17,18)11-6-10(13)5-9(7-15)12(11)14/h5-6,8,16H,3-4,7,15H2,1-2H3. The number of hydrogen-bond donors (Lipinski definition) is 2. The first-order chi connectivity index (χ1) is 8.81. The largest absolute Gasteiger partial charge is 0.326 e. The molecule has 1 rings (SSSR count). The van der Waals surface area contributed by atoms with Crippen molar-refractivity contribution < 1.29 is 12.8 Å². The second-order valence-corrected chi connectivity index (χ2v) is 6.51. The van der Waals surface area contributed by atoms with Crippen LogP contribution in [0.4, 0.5) is 4.39 Å². The van der Waals surface area contributed by atoms with Crippen LogP contribution in [-0.2, 0) is 16.6 Å². The maximum Gasteiger partial charge on any atom is 0.243 e. The van der Waals surface area contributed by atoms with Crippen LogP contribution in [0.15, 0.2) is 17.0 Å². The number of nitrogens with one attached hydrogen (secondary N) is 1. The van der Waals surface area contributed by atoms with Crippen LogP contribution in [0, 0.1) is 5.82 Å². The molecular weight excluding hydrogens is 291 g/mol. The molecule has 1 unspecified atom stereocenters. The second kappa shape index (κ2) is 6.65. The van der Waals surface area contributed by atoms with Gasteiger partial charge in [-0.3, -0.25) is 0 Å². The molecule has 3 N–H and O–H groups in total. The van der Waals surface area contributed by atoms with Gasteiger partial charge in [0.05, 0.1) is 0 Å². The van der Waals surface area contributed by atoms with Crippen molar-refractivity contribution in [3.05, 3.63) is 28.5 Å². The molecule has 4 nitrogen and oxygen atoms in total. The first-order valence-electron chi connectivity index (χ1n) is 6.02. The average Bonchev–Trinajstić information content (AvgIpc) is 2.31. The van der Waals surface area contributed by atoms with Crippen LogP contribution in [0.2, 0.25) is 5.02 Å². The predicted octanol–water partition coefficient (Wildman–Crippen LogP) is 2.40. The monoisotopic (exact) mass is 308 g/mol. The van der Waals surface area contributed by atoms with Crippen molar-refractivity contribution in [2.75, 3.05) is 0 Å². The summed E-state index contributed by atoms with van der Waals surface area (Å²) in [5.41, 5.74) is 5.45. The fourth-order valence-corrected chi connectivity index (χ4v) is 3.51. The molecule has 0 amide bonds. The molecule has 0 spiro atoms. The SMILES string of the molecule is CCCC(C)NS(=O)(=O)c1cc(Cl)cc(CN)c1F. The van der Waals surface area contributed by atoms with Crippen molar-refractivity contribution in [1.29, 1.82) is 0 Å². The summed E-state index contributed by atoms with van der Waals surface area (Å²) < 4.78 is 40.7. The Balaban J connectivity index is 3.18. The Morgan fingerprint density at radius 2 is 2.11 bits per heavy atom. The smallest absolute Gasteiger partial charge is 0.243 e. The molecule has 0 bridgehead atoms. The van der Waals surface area contributed by atoms with Gasteiger partial charge in [0, 0.05) is 23.2 Å². The number of sulfonamides is 1. The third-order valence-electron chi connectivity index (χ3n) is 2.67. The number of hydrogen-bond acceptors (Lipinski definition) is 3. The van der Waals surface area contributed by atoms with Crippen LogP contribution in [0.1, 0.15) is 32.3 Å². The lowest BCUT2D eigenvalue weighted by molar-refractivity contribution is 0.528. The summed E-state index contributed by atoms with van der Waals surface area (Å²) >= 11 is 5.79. The topological polar surface area (TPSA) is 72.2 Å². The highest BCUT2D eigenvalue weighted by Crippen LogP contribution is 2.23. The highest BCUT2D eigenvalue weighted by molar-refractivity contribution is 7.89. The van der Waals surface area contributed by atoms with Gasteiger partial charge in [0.15, 0.2) is 0 Å². The summed E-state index contributed by atoms with van der Waals surface area (Å²) in [7, 11) is -3.93. The van der Waals surface area contributed by atoms with Crippen molar-refractivity contribution in [2.45, 2.75) is 44.2 Å². The van der Waals surface area contributed by atoms with E-state index in [1.165, 1.54) is 6.07 Å². The average molecular weight is 309 g/mol. The number of benzene rings is 1. The summed E-state index contributed by atoms with van der Waals surface area (Å²) in [5, 5.41) is 0.144. The van der Waals surface area contributed by atoms with E-state index in [0.29, 0.717) is 6.42 Å². The van der Waals surface area contributed by atoms with Crippen LogP contribution in [0.3, 0.4) is 0 Å². The van der Waals surface area contributed by atoms with Gasteiger partial charge in [0.25, 0.3) is 0 Å². The Labute approximate surface area is 118 Å². The third kappa shape index (κ3) is 4.14. The van der Waals surface area contributed by atoms with Crippen molar-refractivity contribution in [1.82, 2.24) is 4.72 Å². The van der Waals surface area contributed by atoms with Gasteiger partial charge in [-0.2, -0.15) is 0 Å². The lowest BCUT2D eigenvalue weighted by atomic mass is 10.2. The van der Waals surface area contributed by atoms with Crippen LogP contribution in [0.25, 0.3) is 0 Å². The van der Waals surface area contributed by atoms with E-state index in [1.54, 1.807) is 6.92 Å². The Morgan fingerprint density at radius 3 is 2.63 bits per heavy atom. The Kier molecular flexibility index (Phi) is 5.73. The summed E-state index contributed by atoms with van der Waals surface area (Å²) in [4.78, 5) is -0.455. The molecule has 19 heavy (non-hydrogen) atoms. The van der Waals surface area contributed by atoms with Crippen LogP contribution < -0.4 is 10.5 Å². The highest BCUT2D eigenvalue weighted by atomic mass is 35.5. The van der Waals surface area contributed by atoms with Gasteiger partial charge in [0.1, 0.15) is 10.7 Å². The molecule has 7 heteroatoms. The molecule has 0 aliphatic rings. The molecule has 0 radical (unpaired) electrons. The molecule has 1 aromatic rings. The second-order valence-electron chi connectivity index (χ2n) is 4.39. The molecule has 0 fully saturated rings. The fraction of sp³-hybridized carbons (Fsp3) is 0.500. The fourth-order valence-electron chi connectivity index (χ4n) is 1.78. The molecule has 1 aromatic carbocycles. The predicted molar refractivity (Wildman–Crippen MR) is 74.0 cm³/mol. The summed E-state index contributed by atoms with van der Waals surface area (Å²) in [6, 6.07) is 2.15. The number of nitrogens with two attached hydrogens (primary N) is 1. The zero-order chi connectivity index (χ0) is 14.6. The summed E-state index contributed by atoms with van der Waals surface area (Å²) in [6.45, 7) is 3.56. The molecular formula is C12H18ClFN2O2S. The maximum absolute atomic E-state index is 14.0. The van der Waals surface area contributed by atoms with E-state index in [-0.39, 0.29) is 23.2 Å². The molecule has 0 aliphatic carbocycles. The van der Waals surface area contributed by atoms with E-state index in [2.05, 4.69) is 4.72 Å². The molecule has 0 aromatic heterocycles. The minimum absolute atomic E-state index is 0.0796. The van der Waals surface area contributed by atoms with Gasteiger partial charge < -0.3 is 5.73 Å². The van der Waals surface area contributed by atoms with Crippen molar-refractivity contribution in [3.63, 3.8) is 0 Å². The Morgan fingerprint density at radius 1 is 1.47 bits per heavy atom. The lowest BCUT2D eigenvalue weighted by Crippen LogP contribution is -2.33. The molecule has 1 atom stereocenters. The van der Waals surface area contributed by atoms with Gasteiger partial charge in [-0.05, 0) is 25.5 Å². The zero-order valence-electron chi connectivity index (χ0n) is 10.9. The normalized spacial score (nSPS) is 13.5. The third-order valence-corrected chi connectivity index (χ3v) is 4.47. The summed E-state index contributed by atoms with van der Waals surface area (Å²) in [6.07, 6.45) is 1.50. The summed E-state index contributed by atoms with van der Waals surface area (Å²) in [5.74, 6) is -0.844. The van der Waals surface area contributed by atoms with Crippen LogP contribution in [0.5, 0.6) is 0 Å². The Bertz CT molecular complexity index is 549. The van der Waals surface area contributed by atoms with E-state index in [4.69, 9.17) is 17.3 Å². The van der Waals surface area contributed by atoms with Gasteiger partial charge in [-0.1, -0.05) is 24.9 Å². The minimum Gasteiger partial charge on any atom is -0.326 e. The molecule has 0 saturated heterocycles. The highest BCUT2D eigenvalue weighted by Gasteiger charge is 2.23. The van der Waals surface area contributed by atoms with Crippen molar-refractivity contribution in [2.24, 2.45) is 5.73 Å². The van der Waals surface area contributed by atoms with E-state index >= 15 is 0 Å². The lowest BCUT2D eigenvalue weighted by Gasteiger charge is -2.15. The van der Waals surface area contributed by atoms with E-state index in [1.807, 2.05) is 6.92 Å². The van der Waals surface area contributed by atoms with Gasteiger partial charge in [0.2, 0.25) is 10.0 Å². The number of rotatable bonds is 6. The minimum atomic E-state index is -3.93. The van der Waals surface area contributed by atoms with E-state index in [0.717, 1.165) is 12.5 Å². The first kappa shape index (κ1) is 16.4. The molecule has 0 aliphatic heterocycles. The van der Waals surface area contributed by atoms with Crippen LogP contribution >= 0.6 is 11.6 Å². The van der Waals surface area contributed by atoms with Crippen molar-refractivity contribution >= 4 is 21.6 Å². The van der Waals surface area contributed by atoms with Gasteiger partial charge in [-0.15, -0.1) is 0 Å². The molecule has 108 valence electrons. The Hall–Kier alpha value is -0.690. The van der Waals surface area contributed by atoms with Gasteiger partial charge in [-0.25, -0.2) is 17.5 Å². The van der Waals surface area contributed by atoms with Crippen molar-refractivity contribution in [3.8, 4) is 0 Å². The number of halogens is 2. The molecule has 0 heterocycles.